The topological polar surface area (TPSA) is 24.9 Å². The molecule has 1 aromatic rings. The van der Waals surface area contributed by atoms with Crippen LogP contribution in [0.3, 0.4) is 0 Å². The van der Waals surface area contributed by atoms with Crippen LogP contribution in [-0.2, 0) is 0 Å². The predicted octanol–water partition coefficient (Wildman–Crippen LogP) is 1.42. The van der Waals surface area contributed by atoms with Crippen LogP contribution in [0.25, 0.3) is 0 Å². The molecule has 0 bridgehead atoms. The largest absolute Gasteiger partial charge is 0.310 e. The second kappa shape index (κ2) is 2.62. The molecule has 2 nitrogen and oxygen atoms in total. The van der Waals surface area contributed by atoms with Gasteiger partial charge in [0, 0.05) is 17.9 Å². The van der Waals surface area contributed by atoms with Crippen LogP contribution in [0.2, 0.25) is 0 Å². The zero-order valence-electron chi connectivity index (χ0n) is 6.67. The summed E-state index contributed by atoms with van der Waals surface area (Å²) in [6.45, 7) is 3.22. The van der Waals surface area contributed by atoms with Crippen molar-refractivity contribution < 1.29 is 0 Å². The Morgan fingerprint density at radius 3 is 3.00 bits per heavy atom. The Kier molecular flexibility index (Phi) is 1.62. The highest BCUT2D eigenvalue weighted by atomic mass is 15.0. The lowest BCUT2D eigenvalue weighted by Crippen LogP contribution is -2.35. The average Bonchev–Trinajstić information content (AvgIpc) is 1.90. The molecular formula is C9H12N2. The van der Waals surface area contributed by atoms with Gasteiger partial charge in [0.1, 0.15) is 0 Å². The smallest absolute Gasteiger partial charge is 0.0420 e. The fourth-order valence-corrected chi connectivity index (χ4v) is 1.42. The SMILES string of the molecule is Cc1ncccc1C1CCN1. The fraction of sp³-hybridized carbons (Fsp3) is 0.444. The van der Waals surface area contributed by atoms with Crippen LogP contribution in [0.1, 0.15) is 23.7 Å². The van der Waals surface area contributed by atoms with Gasteiger partial charge < -0.3 is 5.32 Å². The molecule has 1 aliphatic rings. The van der Waals surface area contributed by atoms with E-state index in [4.69, 9.17) is 0 Å². The number of rotatable bonds is 1. The van der Waals surface area contributed by atoms with Gasteiger partial charge in [-0.25, -0.2) is 0 Å². The van der Waals surface area contributed by atoms with E-state index in [0.29, 0.717) is 6.04 Å². The molecule has 11 heavy (non-hydrogen) atoms. The molecule has 2 rings (SSSR count). The van der Waals surface area contributed by atoms with Gasteiger partial charge in [-0.3, -0.25) is 4.98 Å². The highest BCUT2D eigenvalue weighted by molar-refractivity contribution is 5.23. The first kappa shape index (κ1) is 6.80. The lowest BCUT2D eigenvalue weighted by molar-refractivity contribution is 0.381. The van der Waals surface area contributed by atoms with E-state index in [1.807, 2.05) is 12.3 Å². The second-order valence-electron chi connectivity index (χ2n) is 2.97. The summed E-state index contributed by atoms with van der Waals surface area (Å²) in [7, 11) is 0. The minimum atomic E-state index is 0.573. The molecule has 1 unspecified atom stereocenters. The van der Waals surface area contributed by atoms with Crippen molar-refractivity contribution in [3.8, 4) is 0 Å². The van der Waals surface area contributed by atoms with Gasteiger partial charge in [-0.1, -0.05) is 6.07 Å². The number of hydrogen-bond donors (Lipinski definition) is 1. The van der Waals surface area contributed by atoms with Crippen molar-refractivity contribution in [3.63, 3.8) is 0 Å². The van der Waals surface area contributed by atoms with Crippen LogP contribution in [0, 0.1) is 6.92 Å². The molecule has 2 heterocycles. The van der Waals surface area contributed by atoms with Crippen molar-refractivity contribution >= 4 is 0 Å². The summed E-state index contributed by atoms with van der Waals surface area (Å²) in [5, 5.41) is 3.36. The van der Waals surface area contributed by atoms with E-state index in [2.05, 4.69) is 23.3 Å². The van der Waals surface area contributed by atoms with Crippen LogP contribution >= 0.6 is 0 Å². The third-order valence-corrected chi connectivity index (χ3v) is 2.25. The van der Waals surface area contributed by atoms with Gasteiger partial charge in [-0.05, 0) is 31.5 Å². The molecule has 1 saturated heterocycles. The molecule has 58 valence electrons. The van der Waals surface area contributed by atoms with Crippen molar-refractivity contribution in [3.05, 3.63) is 29.6 Å². The van der Waals surface area contributed by atoms with Crippen molar-refractivity contribution in [1.82, 2.24) is 10.3 Å². The summed E-state index contributed by atoms with van der Waals surface area (Å²) in [4.78, 5) is 4.24. The first-order valence-electron chi connectivity index (χ1n) is 4.03. The third kappa shape index (κ3) is 1.14. The van der Waals surface area contributed by atoms with E-state index in [-0.39, 0.29) is 0 Å². The Morgan fingerprint density at radius 2 is 2.45 bits per heavy atom. The highest BCUT2D eigenvalue weighted by Gasteiger charge is 2.19. The zero-order valence-corrected chi connectivity index (χ0v) is 6.67. The molecule has 0 aromatic carbocycles. The standard InChI is InChI=1S/C9H12N2/c1-7-8(3-2-5-10-7)9-4-6-11-9/h2-3,5,9,11H,4,6H2,1H3. The lowest BCUT2D eigenvalue weighted by Gasteiger charge is -2.28. The molecule has 1 N–H and O–H groups in total. The normalized spacial score (nSPS) is 22.8. The van der Waals surface area contributed by atoms with Crippen molar-refractivity contribution in [2.45, 2.75) is 19.4 Å². The minimum absolute atomic E-state index is 0.573. The van der Waals surface area contributed by atoms with Gasteiger partial charge in [-0.2, -0.15) is 0 Å². The predicted molar refractivity (Wildman–Crippen MR) is 44.3 cm³/mol. The number of aryl methyl sites for hydroxylation is 1. The third-order valence-electron chi connectivity index (χ3n) is 2.25. The van der Waals surface area contributed by atoms with Crippen molar-refractivity contribution in [1.29, 1.82) is 0 Å². The molecular weight excluding hydrogens is 136 g/mol. The Morgan fingerprint density at radius 1 is 1.64 bits per heavy atom. The fourth-order valence-electron chi connectivity index (χ4n) is 1.42. The van der Waals surface area contributed by atoms with Crippen LogP contribution < -0.4 is 5.32 Å². The van der Waals surface area contributed by atoms with Crippen LogP contribution in [-0.4, -0.2) is 11.5 Å². The van der Waals surface area contributed by atoms with E-state index < -0.39 is 0 Å². The summed E-state index contributed by atoms with van der Waals surface area (Å²) in [6.07, 6.45) is 3.10. The number of nitrogens with one attached hydrogen (secondary N) is 1. The van der Waals surface area contributed by atoms with E-state index in [1.165, 1.54) is 12.0 Å². The van der Waals surface area contributed by atoms with Gasteiger partial charge in [0.25, 0.3) is 0 Å². The van der Waals surface area contributed by atoms with Crippen LogP contribution in [0.4, 0.5) is 0 Å². The lowest BCUT2D eigenvalue weighted by atomic mass is 9.97. The molecule has 1 aliphatic heterocycles. The minimum Gasteiger partial charge on any atom is -0.310 e. The molecule has 1 atom stereocenters. The maximum Gasteiger partial charge on any atom is 0.0420 e. The highest BCUT2D eigenvalue weighted by Crippen LogP contribution is 2.23. The van der Waals surface area contributed by atoms with E-state index in [9.17, 15) is 0 Å². The van der Waals surface area contributed by atoms with Gasteiger partial charge in [0.15, 0.2) is 0 Å². The maximum atomic E-state index is 4.24. The number of nitrogens with zero attached hydrogens (tertiary/aromatic N) is 1. The Labute approximate surface area is 66.7 Å². The number of pyridine rings is 1. The van der Waals surface area contributed by atoms with Crippen LogP contribution in [0.5, 0.6) is 0 Å². The molecule has 1 aromatic heterocycles. The Bertz CT molecular complexity index is 253. The molecule has 0 saturated carbocycles. The van der Waals surface area contributed by atoms with E-state index in [0.717, 1.165) is 12.2 Å². The first-order valence-corrected chi connectivity index (χ1v) is 4.03. The molecule has 0 amide bonds. The van der Waals surface area contributed by atoms with E-state index >= 15 is 0 Å². The summed E-state index contributed by atoms with van der Waals surface area (Å²) >= 11 is 0. The maximum absolute atomic E-state index is 4.24. The van der Waals surface area contributed by atoms with Gasteiger partial charge >= 0.3 is 0 Å². The monoisotopic (exact) mass is 148 g/mol. The van der Waals surface area contributed by atoms with Gasteiger partial charge in [0.05, 0.1) is 0 Å². The molecule has 2 heteroatoms. The molecule has 1 fully saturated rings. The first-order chi connectivity index (χ1) is 5.38. The zero-order chi connectivity index (χ0) is 7.68. The average molecular weight is 148 g/mol. The quantitative estimate of drug-likeness (QED) is 0.651. The second-order valence-corrected chi connectivity index (χ2v) is 2.97. The Hall–Kier alpha value is -0.890. The summed E-state index contributed by atoms with van der Waals surface area (Å²) < 4.78 is 0. The van der Waals surface area contributed by atoms with Crippen molar-refractivity contribution in [2.75, 3.05) is 6.54 Å². The summed E-state index contributed by atoms with van der Waals surface area (Å²) in [5.74, 6) is 0. The van der Waals surface area contributed by atoms with Crippen molar-refractivity contribution in [2.24, 2.45) is 0 Å². The Balaban J connectivity index is 2.28. The summed E-state index contributed by atoms with van der Waals surface area (Å²) in [6, 6.07) is 4.73. The van der Waals surface area contributed by atoms with Gasteiger partial charge in [0.2, 0.25) is 0 Å². The van der Waals surface area contributed by atoms with E-state index in [1.54, 1.807) is 0 Å². The number of aromatic nitrogens is 1. The molecule has 0 radical (unpaired) electrons. The number of hydrogen-bond acceptors (Lipinski definition) is 2. The molecule has 0 spiro atoms. The summed E-state index contributed by atoms with van der Waals surface area (Å²) in [5.41, 5.74) is 2.52. The van der Waals surface area contributed by atoms with Gasteiger partial charge in [-0.15, -0.1) is 0 Å². The molecule has 0 aliphatic carbocycles. The van der Waals surface area contributed by atoms with Crippen LogP contribution in [0.15, 0.2) is 18.3 Å².